The summed E-state index contributed by atoms with van der Waals surface area (Å²) < 4.78 is 12.1. The van der Waals surface area contributed by atoms with Crippen LogP contribution in [-0.2, 0) is 11.4 Å². The highest BCUT2D eigenvalue weighted by Gasteiger charge is 2.07. The van der Waals surface area contributed by atoms with Gasteiger partial charge in [-0.05, 0) is 19.6 Å². The monoisotopic (exact) mass is 133 g/mol. The summed E-state index contributed by atoms with van der Waals surface area (Å²) in [6, 6.07) is 0. The molecule has 0 atom stereocenters. The van der Waals surface area contributed by atoms with Gasteiger partial charge >= 0.3 is 0 Å². The molecule has 42 valence electrons. The van der Waals surface area contributed by atoms with Gasteiger partial charge in [-0.1, -0.05) is 0 Å². The Kier molecular flexibility index (Phi) is 2.38. The van der Waals surface area contributed by atoms with E-state index in [1.165, 1.54) is 0 Å². The van der Waals surface area contributed by atoms with Crippen LogP contribution < -0.4 is 0 Å². The molecule has 0 aromatic carbocycles. The summed E-state index contributed by atoms with van der Waals surface area (Å²) in [6.07, 6.45) is 0. The number of hydrogen-bond donors (Lipinski definition) is 0. The second-order valence-electron chi connectivity index (χ2n) is 2.34. The Morgan fingerprint density at radius 1 is 1.43 bits per heavy atom. The van der Waals surface area contributed by atoms with Crippen molar-refractivity contribution in [3.8, 4) is 0 Å². The maximum atomic E-state index is 8.19. The molecule has 0 N–H and O–H groups in total. The number of nitrogens with zero attached hydrogens (tertiary/aromatic N) is 2. The summed E-state index contributed by atoms with van der Waals surface area (Å²) in [7, 11) is -1.32. The van der Waals surface area contributed by atoms with Crippen molar-refractivity contribution in [2.75, 3.05) is 0 Å². The molecule has 0 amide bonds. The van der Waals surface area contributed by atoms with Gasteiger partial charge in [0, 0.05) is 0 Å². The van der Waals surface area contributed by atoms with Crippen molar-refractivity contribution < 1.29 is 0 Å². The van der Waals surface area contributed by atoms with E-state index in [9.17, 15) is 0 Å². The van der Waals surface area contributed by atoms with Gasteiger partial charge in [-0.15, -0.1) is 0 Å². The predicted molar refractivity (Wildman–Crippen MR) is 36.5 cm³/mol. The number of hydrogen-bond acceptors (Lipinski definition) is 1. The minimum atomic E-state index is -1.32. The van der Waals surface area contributed by atoms with Gasteiger partial charge in [0.2, 0.25) is 0 Å². The van der Waals surface area contributed by atoms with Crippen molar-refractivity contribution in [1.82, 2.24) is 0 Å². The SMILES string of the molecule is C[Si](C)(C)N=S=[N-]. The van der Waals surface area contributed by atoms with Gasteiger partial charge in [-0.25, -0.2) is 11.4 Å². The molecule has 0 saturated heterocycles. The summed E-state index contributed by atoms with van der Waals surface area (Å²) in [6.45, 7) is 6.20. The zero-order valence-electron chi connectivity index (χ0n) is 4.80. The van der Waals surface area contributed by atoms with Gasteiger partial charge in [-0.3, -0.25) is 4.03 Å². The molecule has 0 bridgehead atoms. The van der Waals surface area contributed by atoms with Crippen LogP contribution >= 0.6 is 0 Å². The zero-order chi connectivity index (χ0) is 5.91. The molecular weight excluding hydrogens is 124 g/mol. The van der Waals surface area contributed by atoms with Crippen LogP contribution in [-0.4, -0.2) is 8.24 Å². The zero-order valence-corrected chi connectivity index (χ0v) is 6.62. The molecule has 0 aromatic rings. The first-order chi connectivity index (χ1) is 3.06. The molecule has 0 aliphatic heterocycles. The van der Waals surface area contributed by atoms with E-state index in [0.29, 0.717) is 11.4 Å². The highest BCUT2D eigenvalue weighted by Crippen LogP contribution is 1.98. The van der Waals surface area contributed by atoms with Gasteiger partial charge in [0.25, 0.3) is 0 Å². The van der Waals surface area contributed by atoms with Crippen LogP contribution in [0.15, 0.2) is 4.03 Å². The molecule has 0 heterocycles. The van der Waals surface area contributed by atoms with E-state index < -0.39 is 8.24 Å². The first-order valence-electron chi connectivity index (χ1n) is 2.09. The van der Waals surface area contributed by atoms with Crippen molar-refractivity contribution >= 4 is 19.6 Å². The third kappa shape index (κ3) is 6.04. The van der Waals surface area contributed by atoms with Crippen molar-refractivity contribution in [2.45, 2.75) is 19.6 Å². The standard InChI is InChI=1S/C3H9N2SSi/c1-7(2,3)5-6-4/h1-3H3/q-1. The maximum absolute atomic E-state index is 8.19. The highest BCUT2D eigenvalue weighted by atomic mass is 32.1. The molecule has 4 heteroatoms. The lowest BCUT2D eigenvalue weighted by molar-refractivity contribution is 1.61. The molecule has 0 aliphatic rings. The third-order valence-corrected chi connectivity index (χ3v) is 2.83. The normalized spacial score (nSPS) is 10.7. The molecule has 0 aliphatic carbocycles. The Bertz CT molecular complexity index is 100.0. The molecule has 0 spiro atoms. The first kappa shape index (κ1) is 7.04. The van der Waals surface area contributed by atoms with E-state index in [1.807, 2.05) is 0 Å². The van der Waals surface area contributed by atoms with E-state index in [4.69, 9.17) is 4.78 Å². The Labute approximate surface area is 48.7 Å². The molecule has 0 fully saturated rings. The van der Waals surface area contributed by atoms with Crippen molar-refractivity contribution in [1.29, 1.82) is 0 Å². The third-order valence-electron chi connectivity index (χ3n) is 0.315. The van der Waals surface area contributed by atoms with Crippen LogP contribution in [0.25, 0.3) is 4.78 Å². The van der Waals surface area contributed by atoms with Crippen molar-refractivity contribution in [2.24, 2.45) is 4.03 Å². The smallest absolute Gasteiger partial charge is 0.186 e. The van der Waals surface area contributed by atoms with Crippen LogP contribution in [0.3, 0.4) is 0 Å². The molecule has 7 heavy (non-hydrogen) atoms. The maximum Gasteiger partial charge on any atom is 0.186 e. The van der Waals surface area contributed by atoms with Gasteiger partial charge in [-0.2, -0.15) is 0 Å². The lowest BCUT2D eigenvalue weighted by Gasteiger charge is -2.04. The molecule has 0 unspecified atom stereocenters. The predicted octanol–water partition coefficient (Wildman–Crippen LogP) is 1.84. The highest BCUT2D eigenvalue weighted by molar-refractivity contribution is 7.60. The molecule has 0 aromatic heterocycles. The van der Waals surface area contributed by atoms with E-state index in [1.54, 1.807) is 0 Å². The topological polar surface area (TPSA) is 34.7 Å². The van der Waals surface area contributed by atoms with Crippen LogP contribution in [0.1, 0.15) is 0 Å². The average molecular weight is 133 g/mol. The van der Waals surface area contributed by atoms with E-state index in [0.717, 1.165) is 0 Å². The fourth-order valence-corrected chi connectivity index (χ4v) is 1.10. The first-order valence-corrected chi connectivity index (χ1v) is 6.27. The Balaban J connectivity index is 3.80. The fourth-order valence-electron chi connectivity index (χ4n) is 0.122. The summed E-state index contributed by atoms with van der Waals surface area (Å²) in [5, 5.41) is 0. The molecule has 0 saturated carbocycles. The summed E-state index contributed by atoms with van der Waals surface area (Å²) in [5.74, 6) is 0. The van der Waals surface area contributed by atoms with Crippen LogP contribution in [0, 0.1) is 0 Å². The van der Waals surface area contributed by atoms with Crippen LogP contribution in [0.5, 0.6) is 0 Å². The van der Waals surface area contributed by atoms with Crippen LogP contribution in [0.4, 0.5) is 0 Å². The summed E-state index contributed by atoms with van der Waals surface area (Å²) >= 11 is 0.595. The largest absolute Gasteiger partial charge is 0.734 e. The summed E-state index contributed by atoms with van der Waals surface area (Å²) in [4.78, 5) is 0. The van der Waals surface area contributed by atoms with E-state index in [-0.39, 0.29) is 0 Å². The van der Waals surface area contributed by atoms with Crippen LogP contribution in [0.2, 0.25) is 19.6 Å². The second kappa shape index (κ2) is 2.37. The lowest BCUT2D eigenvalue weighted by atomic mass is 11.8. The van der Waals surface area contributed by atoms with Gasteiger partial charge < -0.3 is 4.78 Å². The summed E-state index contributed by atoms with van der Waals surface area (Å²) in [5.41, 5.74) is 0. The molecule has 0 radical (unpaired) electrons. The van der Waals surface area contributed by atoms with Gasteiger partial charge in [0.15, 0.2) is 8.24 Å². The number of rotatable bonds is 1. The van der Waals surface area contributed by atoms with Gasteiger partial charge in [0.05, 0.1) is 0 Å². The minimum absolute atomic E-state index is 0.595. The molecule has 2 nitrogen and oxygen atoms in total. The van der Waals surface area contributed by atoms with Gasteiger partial charge in [0.1, 0.15) is 0 Å². The lowest BCUT2D eigenvalue weighted by Crippen LogP contribution is -2.14. The Hall–Kier alpha value is 0.0369. The molecular formula is C3H9N2SSi-. The quantitative estimate of drug-likeness (QED) is 0.489. The molecule has 0 rings (SSSR count). The second-order valence-corrected chi connectivity index (χ2v) is 7.58. The average Bonchev–Trinajstić information content (AvgIpc) is 1.30. The minimum Gasteiger partial charge on any atom is -0.734 e. The Morgan fingerprint density at radius 3 is 1.86 bits per heavy atom. The van der Waals surface area contributed by atoms with E-state index >= 15 is 0 Å². The van der Waals surface area contributed by atoms with Crippen molar-refractivity contribution in [3.05, 3.63) is 4.78 Å². The fraction of sp³-hybridized carbons (Fsp3) is 1.00. The Morgan fingerprint density at radius 2 is 1.86 bits per heavy atom. The van der Waals surface area contributed by atoms with E-state index in [2.05, 4.69) is 23.7 Å². The van der Waals surface area contributed by atoms with Crippen molar-refractivity contribution in [3.63, 3.8) is 0 Å².